The van der Waals surface area contributed by atoms with Gasteiger partial charge < -0.3 is 24.8 Å². The van der Waals surface area contributed by atoms with Crippen LogP contribution in [0.2, 0.25) is 0 Å². The first-order chi connectivity index (χ1) is 12.7. The minimum Gasteiger partial charge on any atom is -1.00 e. The molecule has 28 heavy (non-hydrogen) atoms. The summed E-state index contributed by atoms with van der Waals surface area (Å²) in [5.74, 6) is -0.520. The average molecular weight is 417 g/mol. The number of rotatable bonds is 3. The summed E-state index contributed by atoms with van der Waals surface area (Å²) in [5.41, 5.74) is 3.63. The lowest BCUT2D eigenvalue weighted by Gasteiger charge is -2.01. The molecule has 2 aromatic carbocycles. The Labute approximate surface area is 174 Å². The maximum absolute atomic E-state index is 13.4. The van der Waals surface area contributed by atoms with E-state index in [0.717, 1.165) is 22.5 Å². The molecular weight excluding hydrogens is 401 g/mol. The van der Waals surface area contributed by atoms with Crippen molar-refractivity contribution in [3.8, 4) is 22.5 Å². The summed E-state index contributed by atoms with van der Waals surface area (Å²) in [6.45, 7) is 0. The van der Waals surface area contributed by atoms with E-state index in [9.17, 15) is 8.78 Å². The molecule has 0 fully saturated rings. The van der Waals surface area contributed by atoms with E-state index >= 15 is 0 Å². The van der Waals surface area contributed by atoms with Crippen molar-refractivity contribution in [1.29, 1.82) is 0 Å². The topological polar surface area (TPSA) is 7.76 Å². The molecule has 0 saturated heterocycles. The molecule has 0 aliphatic rings. The summed E-state index contributed by atoms with van der Waals surface area (Å²) in [7, 11) is 0. The minimum atomic E-state index is -0.260. The van der Waals surface area contributed by atoms with Crippen molar-refractivity contribution < 1.29 is 42.7 Å². The van der Waals surface area contributed by atoms with Gasteiger partial charge in [0.1, 0.15) is 11.6 Å². The second-order valence-electron chi connectivity index (χ2n) is 5.95. The number of hydrogen-bond donors (Lipinski definition) is 0. The Hall–Kier alpha value is -2.82. The number of halogens is 4. The lowest BCUT2D eigenvalue weighted by Crippen LogP contribution is -3.00. The van der Waals surface area contributed by atoms with Crippen molar-refractivity contribution >= 4 is 0 Å². The Morgan fingerprint density at radius 1 is 0.500 bits per heavy atom. The number of benzene rings is 2. The molecule has 0 aliphatic heterocycles. The molecule has 0 aliphatic carbocycles. The molecule has 0 saturated carbocycles. The molecule has 0 bridgehead atoms. The monoisotopic (exact) mass is 416 g/mol. The van der Waals surface area contributed by atoms with Gasteiger partial charge in [-0.1, -0.05) is 12.1 Å². The predicted molar refractivity (Wildman–Crippen MR) is 94.9 cm³/mol. The third-order valence-corrected chi connectivity index (χ3v) is 4.20. The third-order valence-electron chi connectivity index (χ3n) is 4.20. The normalized spacial score (nSPS) is 9.93. The van der Waals surface area contributed by atoms with Crippen LogP contribution < -0.4 is 33.9 Å². The Morgan fingerprint density at radius 2 is 0.857 bits per heavy atom. The smallest absolute Gasteiger partial charge is 0.213 e. The summed E-state index contributed by atoms with van der Waals surface area (Å²) >= 11 is 0. The van der Waals surface area contributed by atoms with Gasteiger partial charge in [-0.3, -0.25) is 0 Å². The van der Waals surface area contributed by atoms with Gasteiger partial charge in [0.15, 0.2) is 24.8 Å². The summed E-state index contributed by atoms with van der Waals surface area (Å²) in [4.78, 5) is 0. The van der Waals surface area contributed by atoms with Gasteiger partial charge in [-0.05, 0) is 23.3 Å². The quantitative estimate of drug-likeness (QED) is 0.348. The van der Waals surface area contributed by atoms with Gasteiger partial charge in [-0.15, -0.1) is 0 Å². The van der Waals surface area contributed by atoms with Gasteiger partial charge >= 0.3 is 0 Å². The molecule has 0 radical (unpaired) electrons. The molecular formula is C22H16Cl2F2N2. The van der Waals surface area contributed by atoms with E-state index in [2.05, 4.69) is 0 Å². The maximum atomic E-state index is 13.4. The fourth-order valence-electron chi connectivity index (χ4n) is 2.86. The summed E-state index contributed by atoms with van der Waals surface area (Å²) in [5, 5.41) is 0. The van der Waals surface area contributed by atoms with Crippen LogP contribution in [0.3, 0.4) is 0 Å². The largest absolute Gasteiger partial charge is 1.00 e. The molecule has 2 heterocycles. The van der Waals surface area contributed by atoms with Gasteiger partial charge in [0, 0.05) is 48.5 Å². The SMILES string of the molecule is Fc1cccc(-[n+]2ccc(-c3cc[n+](-c4cccc(F)c4)cc3)cc2)c1.[Cl-].[Cl-]. The molecule has 6 heteroatoms. The molecule has 4 rings (SSSR count). The van der Waals surface area contributed by atoms with Crippen LogP contribution in [0.5, 0.6) is 0 Å². The molecule has 4 aromatic rings. The van der Waals surface area contributed by atoms with E-state index in [1.165, 1.54) is 24.3 Å². The van der Waals surface area contributed by atoms with Crippen LogP contribution in [0.15, 0.2) is 97.6 Å². The highest BCUT2D eigenvalue weighted by atomic mass is 35.5. The fourth-order valence-corrected chi connectivity index (χ4v) is 2.86. The first-order valence-corrected chi connectivity index (χ1v) is 8.24. The second-order valence-corrected chi connectivity index (χ2v) is 5.95. The van der Waals surface area contributed by atoms with E-state index < -0.39 is 0 Å². The van der Waals surface area contributed by atoms with Gasteiger partial charge in [-0.2, -0.15) is 9.13 Å². The van der Waals surface area contributed by atoms with Crippen LogP contribution in [0.1, 0.15) is 0 Å². The summed E-state index contributed by atoms with van der Waals surface area (Å²) < 4.78 is 30.4. The molecule has 2 nitrogen and oxygen atoms in total. The highest BCUT2D eigenvalue weighted by Crippen LogP contribution is 2.17. The Morgan fingerprint density at radius 3 is 1.18 bits per heavy atom. The standard InChI is InChI=1S/C22H16F2N2.2ClH/c23-19-3-1-5-21(15-19)25-11-7-17(8-12-25)18-9-13-26(14-10-18)22-6-2-4-20(24)16-22;;/h1-16H;2*1H/q+2;;/p-2. The first-order valence-electron chi connectivity index (χ1n) is 8.24. The average Bonchev–Trinajstić information content (AvgIpc) is 2.68. The van der Waals surface area contributed by atoms with Crippen molar-refractivity contribution in [3.63, 3.8) is 0 Å². The lowest BCUT2D eigenvalue weighted by molar-refractivity contribution is -0.596. The molecule has 142 valence electrons. The zero-order chi connectivity index (χ0) is 17.9. The predicted octanol–water partition coefficient (Wildman–Crippen LogP) is -1.81. The van der Waals surface area contributed by atoms with Crippen molar-refractivity contribution in [1.82, 2.24) is 0 Å². The van der Waals surface area contributed by atoms with Crippen LogP contribution in [0, 0.1) is 11.6 Å². The Kier molecular flexibility index (Phi) is 7.21. The molecule has 0 atom stereocenters. The lowest BCUT2D eigenvalue weighted by atomic mass is 10.1. The van der Waals surface area contributed by atoms with Crippen molar-refractivity contribution in [2.24, 2.45) is 0 Å². The van der Waals surface area contributed by atoms with E-state index in [0.29, 0.717) is 0 Å². The van der Waals surface area contributed by atoms with Crippen LogP contribution in [-0.4, -0.2) is 0 Å². The Bertz CT molecular complexity index is 966. The number of pyridine rings is 2. The van der Waals surface area contributed by atoms with Crippen molar-refractivity contribution in [2.75, 3.05) is 0 Å². The van der Waals surface area contributed by atoms with Crippen LogP contribution >= 0.6 is 0 Å². The molecule has 0 N–H and O–H groups in total. The number of aromatic nitrogens is 2. The van der Waals surface area contributed by atoms with E-state index in [1.807, 2.05) is 70.3 Å². The highest BCUT2D eigenvalue weighted by Gasteiger charge is 2.10. The van der Waals surface area contributed by atoms with E-state index in [1.54, 1.807) is 12.1 Å². The maximum Gasteiger partial charge on any atom is 0.213 e. The third kappa shape index (κ3) is 4.71. The van der Waals surface area contributed by atoms with Gasteiger partial charge in [0.05, 0.1) is 0 Å². The van der Waals surface area contributed by atoms with E-state index in [4.69, 9.17) is 0 Å². The van der Waals surface area contributed by atoms with Crippen LogP contribution in [0.4, 0.5) is 8.78 Å². The van der Waals surface area contributed by atoms with E-state index in [-0.39, 0.29) is 36.4 Å². The zero-order valence-corrected chi connectivity index (χ0v) is 16.2. The molecule has 0 spiro atoms. The van der Waals surface area contributed by atoms with Crippen molar-refractivity contribution in [2.45, 2.75) is 0 Å². The number of hydrogen-bond acceptors (Lipinski definition) is 0. The fraction of sp³-hybridized carbons (Fsp3) is 0. The van der Waals surface area contributed by atoms with Gasteiger partial charge in [0.2, 0.25) is 11.4 Å². The summed E-state index contributed by atoms with van der Waals surface area (Å²) in [6.07, 6.45) is 7.60. The van der Waals surface area contributed by atoms with Gasteiger partial charge in [-0.25, -0.2) is 8.78 Å². The number of nitrogens with zero attached hydrogens (tertiary/aromatic N) is 2. The second kappa shape index (κ2) is 9.40. The summed E-state index contributed by atoms with van der Waals surface area (Å²) in [6, 6.07) is 20.8. The molecule has 0 unspecified atom stereocenters. The molecule has 0 amide bonds. The van der Waals surface area contributed by atoms with Gasteiger partial charge in [0.25, 0.3) is 0 Å². The first kappa shape index (κ1) is 21.5. The minimum absolute atomic E-state index is 0. The van der Waals surface area contributed by atoms with Crippen LogP contribution in [0.25, 0.3) is 22.5 Å². The molecule has 2 aromatic heterocycles. The zero-order valence-electron chi connectivity index (χ0n) is 14.6. The van der Waals surface area contributed by atoms with Crippen LogP contribution in [-0.2, 0) is 0 Å². The Balaban J connectivity index is 0.00000140. The van der Waals surface area contributed by atoms with Crippen molar-refractivity contribution in [3.05, 3.63) is 109 Å². The highest BCUT2D eigenvalue weighted by molar-refractivity contribution is 5.61.